The van der Waals surface area contributed by atoms with Crippen molar-refractivity contribution in [2.24, 2.45) is 0 Å². The minimum absolute atomic E-state index is 0.184. The van der Waals surface area contributed by atoms with Crippen LogP contribution in [0.2, 0.25) is 10.0 Å². The molecule has 1 aromatic heterocycles. The number of ether oxygens (including phenoxy) is 1. The molecule has 2 rings (SSSR count). The van der Waals surface area contributed by atoms with Gasteiger partial charge in [-0.25, -0.2) is 4.79 Å². The lowest BCUT2D eigenvalue weighted by Gasteiger charge is -2.16. The van der Waals surface area contributed by atoms with Crippen molar-refractivity contribution < 1.29 is 9.53 Å². The Balaban J connectivity index is 1.85. The minimum Gasteiger partial charge on any atom is -0.461 e. The van der Waals surface area contributed by atoms with Gasteiger partial charge in [0.1, 0.15) is 6.61 Å². The molecule has 2 aromatic rings. The molecule has 1 heterocycles. The van der Waals surface area contributed by atoms with Crippen molar-refractivity contribution in [1.82, 2.24) is 20.3 Å². The van der Waals surface area contributed by atoms with Gasteiger partial charge in [0, 0.05) is 33.9 Å². The Morgan fingerprint density at radius 1 is 1.04 bits per heavy atom. The molecule has 11 heteroatoms. The molecule has 1 aromatic carbocycles. The smallest absolute Gasteiger partial charge is 0.323 e. The van der Waals surface area contributed by atoms with E-state index in [9.17, 15) is 4.79 Å². The summed E-state index contributed by atoms with van der Waals surface area (Å²) >= 11 is 11.8. The van der Waals surface area contributed by atoms with Gasteiger partial charge in [-0.2, -0.15) is 15.0 Å². The summed E-state index contributed by atoms with van der Waals surface area (Å²) in [6, 6.07) is 4.62. The molecule has 0 atom stereocenters. The van der Waals surface area contributed by atoms with Gasteiger partial charge in [-0.1, -0.05) is 23.2 Å². The molecule has 0 unspecified atom stereocenters. The normalized spacial score (nSPS) is 10.3. The number of amides is 2. The number of carbonyl (C=O) groups is 1. The number of hydrogen-bond donors (Lipinski definition) is 2. The quantitative estimate of drug-likeness (QED) is 0.673. The number of urea groups is 1. The first-order valence-corrected chi connectivity index (χ1v) is 8.75. The van der Waals surface area contributed by atoms with Crippen LogP contribution in [0.25, 0.3) is 0 Å². The van der Waals surface area contributed by atoms with E-state index in [1.807, 2.05) is 28.2 Å². The molecule has 0 saturated heterocycles. The van der Waals surface area contributed by atoms with Crippen molar-refractivity contribution in [2.75, 3.05) is 56.5 Å². The van der Waals surface area contributed by atoms with Crippen LogP contribution < -0.4 is 25.2 Å². The average Bonchev–Trinajstić information content (AvgIpc) is 2.61. The number of rotatable bonds is 7. The van der Waals surface area contributed by atoms with Crippen molar-refractivity contribution in [3.05, 3.63) is 28.2 Å². The van der Waals surface area contributed by atoms with Gasteiger partial charge in [0.25, 0.3) is 0 Å². The van der Waals surface area contributed by atoms with E-state index in [0.717, 1.165) is 0 Å². The van der Waals surface area contributed by atoms with E-state index in [1.54, 1.807) is 28.0 Å². The van der Waals surface area contributed by atoms with E-state index >= 15 is 0 Å². The van der Waals surface area contributed by atoms with Crippen LogP contribution in [-0.4, -0.2) is 62.3 Å². The monoisotopic (exact) mass is 413 g/mol. The van der Waals surface area contributed by atoms with Crippen molar-refractivity contribution in [2.45, 2.75) is 0 Å². The number of nitrogens with zero attached hydrogens (tertiary/aromatic N) is 5. The van der Waals surface area contributed by atoms with Gasteiger partial charge in [0.05, 0.1) is 16.6 Å². The lowest BCUT2D eigenvalue weighted by atomic mass is 10.3. The van der Waals surface area contributed by atoms with Gasteiger partial charge in [-0.15, -0.1) is 0 Å². The summed E-state index contributed by atoms with van der Waals surface area (Å²) in [5, 5.41) is 6.10. The maximum absolute atomic E-state index is 11.9. The van der Waals surface area contributed by atoms with E-state index in [1.165, 1.54) is 0 Å². The number of benzene rings is 1. The van der Waals surface area contributed by atoms with Gasteiger partial charge in [-0.05, 0) is 18.2 Å². The second-order valence-electron chi connectivity index (χ2n) is 5.87. The SMILES string of the molecule is CN(C)c1nc(OCCNC(=O)Nc2ccc(Cl)c(Cl)c2)nc(N(C)C)n1. The average molecular weight is 414 g/mol. The van der Waals surface area contributed by atoms with E-state index in [4.69, 9.17) is 27.9 Å². The predicted molar refractivity (Wildman–Crippen MR) is 107 cm³/mol. The molecule has 0 radical (unpaired) electrons. The summed E-state index contributed by atoms with van der Waals surface area (Å²) in [6.07, 6.45) is 0. The van der Waals surface area contributed by atoms with Crippen LogP contribution in [0, 0.1) is 0 Å². The zero-order valence-corrected chi connectivity index (χ0v) is 17.0. The van der Waals surface area contributed by atoms with Crippen LogP contribution in [0.5, 0.6) is 6.01 Å². The van der Waals surface area contributed by atoms with Crippen LogP contribution in [0.3, 0.4) is 0 Å². The maximum Gasteiger partial charge on any atom is 0.323 e. The molecule has 9 nitrogen and oxygen atoms in total. The second-order valence-corrected chi connectivity index (χ2v) is 6.68. The number of aromatic nitrogens is 3. The Kier molecular flexibility index (Phi) is 7.26. The number of nitrogens with one attached hydrogen (secondary N) is 2. The number of halogens is 2. The summed E-state index contributed by atoms with van der Waals surface area (Å²) in [4.78, 5) is 28.1. The molecule has 0 aliphatic carbocycles. The third-order valence-corrected chi connectivity index (χ3v) is 3.93. The maximum atomic E-state index is 11.9. The number of carbonyl (C=O) groups excluding carboxylic acids is 1. The molecular formula is C16H21Cl2N7O2. The largest absolute Gasteiger partial charge is 0.461 e. The Morgan fingerprint density at radius 2 is 1.67 bits per heavy atom. The van der Waals surface area contributed by atoms with Gasteiger partial charge in [0.15, 0.2) is 0 Å². The van der Waals surface area contributed by atoms with Gasteiger partial charge in [0.2, 0.25) is 11.9 Å². The molecule has 0 bridgehead atoms. The van der Waals surface area contributed by atoms with Crippen LogP contribution >= 0.6 is 23.2 Å². The molecule has 146 valence electrons. The molecule has 27 heavy (non-hydrogen) atoms. The zero-order valence-electron chi connectivity index (χ0n) is 15.5. The second kappa shape index (κ2) is 9.43. The molecule has 2 N–H and O–H groups in total. The topological polar surface area (TPSA) is 95.5 Å². The Morgan fingerprint density at radius 3 is 2.22 bits per heavy atom. The molecular weight excluding hydrogens is 393 g/mol. The standard InChI is InChI=1S/C16H21Cl2N7O2/c1-24(2)13-21-14(25(3)4)23-16(22-13)27-8-7-19-15(26)20-10-5-6-11(17)12(18)9-10/h5-6,9H,7-8H2,1-4H3,(H2,19,20,26). The third kappa shape index (κ3) is 6.30. The van der Waals surface area contributed by atoms with Crippen molar-refractivity contribution >= 4 is 46.8 Å². The fourth-order valence-corrected chi connectivity index (χ4v) is 2.15. The predicted octanol–water partition coefficient (Wildman–Crippen LogP) is 2.51. The van der Waals surface area contributed by atoms with E-state index in [0.29, 0.717) is 27.6 Å². The molecule has 0 saturated carbocycles. The van der Waals surface area contributed by atoms with Crippen LogP contribution in [0.15, 0.2) is 18.2 Å². The van der Waals surface area contributed by atoms with E-state index in [-0.39, 0.29) is 19.2 Å². The van der Waals surface area contributed by atoms with Crippen molar-refractivity contribution in [3.8, 4) is 6.01 Å². The molecule has 0 aliphatic rings. The number of hydrogen-bond acceptors (Lipinski definition) is 7. The summed E-state index contributed by atoms with van der Waals surface area (Å²) in [7, 11) is 7.31. The van der Waals surface area contributed by atoms with Gasteiger partial charge < -0.3 is 25.2 Å². The highest BCUT2D eigenvalue weighted by molar-refractivity contribution is 6.42. The highest BCUT2D eigenvalue weighted by Gasteiger charge is 2.11. The Bertz CT molecular complexity index is 776. The summed E-state index contributed by atoms with van der Waals surface area (Å²) < 4.78 is 5.53. The molecule has 0 fully saturated rings. The first-order valence-electron chi connectivity index (χ1n) is 7.99. The fourth-order valence-electron chi connectivity index (χ4n) is 1.86. The molecule has 2 amide bonds. The van der Waals surface area contributed by atoms with Crippen molar-refractivity contribution in [3.63, 3.8) is 0 Å². The Hall–Kier alpha value is -2.52. The van der Waals surface area contributed by atoms with E-state index in [2.05, 4.69) is 25.6 Å². The summed E-state index contributed by atoms with van der Waals surface area (Å²) in [5.74, 6) is 0.961. The minimum atomic E-state index is -0.393. The van der Waals surface area contributed by atoms with Crippen LogP contribution in [0.1, 0.15) is 0 Å². The lowest BCUT2D eigenvalue weighted by Crippen LogP contribution is -2.32. The van der Waals surface area contributed by atoms with Crippen LogP contribution in [-0.2, 0) is 0 Å². The fraction of sp³-hybridized carbons (Fsp3) is 0.375. The highest BCUT2D eigenvalue weighted by atomic mass is 35.5. The third-order valence-electron chi connectivity index (χ3n) is 3.19. The first-order chi connectivity index (χ1) is 12.8. The van der Waals surface area contributed by atoms with Crippen molar-refractivity contribution in [1.29, 1.82) is 0 Å². The number of anilines is 3. The first kappa shape index (κ1) is 20.8. The molecule has 0 aliphatic heterocycles. The Labute approximate surface area is 167 Å². The van der Waals surface area contributed by atoms with Crippen LogP contribution in [0.4, 0.5) is 22.4 Å². The summed E-state index contributed by atoms with van der Waals surface area (Å²) in [5.41, 5.74) is 0.534. The zero-order chi connectivity index (χ0) is 20.0. The van der Waals surface area contributed by atoms with E-state index < -0.39 is 6.03 Å². The van der Waals surface area contributed by atoms with Gasteiger partial charge in [-0.3, -0.25) is 0 Å². The van der Waals surface area contributed by atoms with Gasteiger partial charge >= 0.3 is 12.0 Å². The summed E-state index contributed by atoms with van der Waals surface area (Å²) in [6.45, 7) is 0.450. The highest BCUT2D eigenvalue weighted by Crippen LogP contribution is 2.24. The molecule has 0 spiro atoms. The lowest BCUT2D eigenvalue weighted by molar-refractivity contribution is 0.245.